The zero-order chi connectivity index (χ0) is 10.9. The molecule has 0 radical (unpaired) electrons. The Labute approximate surface area is 108 Å². The predicted molar refractivity (Wildman–Crippen MR) is 46.6 cm³/mol. The van der Waals surface area contributed by atoms with Gasteiger partial charge >= 0.3 is 35.5 Å². The van der Waals surface area contributed by atoms with E-state index in [0.29, 0.717) is 6.42 Å². The smallest absolute Gasteiger partial charge is 0.565 e. The van der Waals surface area contributed by atoms with Gasteiger partial charge in [-0.05, 0) is 18.4 Å². The molecule has 0 rings (SSSR count). The van der Waals surface area contributed by atoms with Gasteiger partial charge in [-0.15, -0.1) is 0 Å². The normalized spacial score (nSPS) is 10.1. The third-order valence-electron chi connectivity index (χ3n) is 0.950. The molecular formula is C6H12NNaO5S. The van der Waals surface area contributed by atoms with E-state index >= 15 is 0 Å². The molecule has 0 spiro atoms. The Balaban J connectivity index is -0.000000209. The van der Waals surface area contributed by atoms with E-state index in [2.05, 4.69) is 0 Å². The summed E-state index contributed by atoms with van der Waals surface area (Å²) in [6.45, 7) is 0. The summed E-state index contributed by atoms with van der Waals surface area (Å²) < 4.78 is 0. The van der Waals surface area contributed by atoms with E-state index in [1.165, 1.54) is 0 Å². The van der Waals surface area contributed by atoms with Crippen LogP contribution in [0.2, 0.25) is 0 Å². The number of carboxylic acids is 1. The van der Waals surface area contributed by atoms with E-state index in [4.69, 9.17) is 25.8 Å². The summed E-state index contributed by atoms with van der Waals surface area (Å²) in [5, 5.41) is 23.6. The van der Waals surface area contributed by atoms with E-state index < -0.39 is 18.2 Å². The van der Waals surface area contributed by atoms with Crippen LogP contribution >= 0.6 is 11.8 Å². The van der Waals surface area contributed by atoms with Crippen LogP contribution in [0.15, 0.2) is 0 Å². The maximum absolute atomic E-state index is 10.1. The minimum absolute atomic E-state index is 0. The van der Waals surface area contributed by atoms with Gasteiger partial charge in [0.05, 0.1) is 0 Å². The first-order valence-corrected chi connectivity index (χ1v) is 4.68. The monoisotopic (exact) mass is 233 g/mol. The molecule has 8 heteroatoms. The van der Waals surface area contributed by atoms with Gasteiger partial charge in [-0.1, -0.05) is 0 Å². The number of hydrogen-bond donors (Lipinski definition) is 3. The first-order valence-electron chi connectivity index (χ1n) is 3.29. The Morgan fingerprint density at radius 1 is 1.50 bits per heavy atom. The molecule has 0 aromatic heterocycles. The molecule has 0 aliphatic heterocycles. The molecule has 4 N–H and O–H groups in total. The molecule has 0 aromatic rings. The molecule has 0 aliphatic rings. The number of hydrogen-bond acceptors (Lipinski definition) is 5. The number of thioether (sulfide) groups is 1. The molecule has 0 saturated heterocycles. The van der Waals surface area contributed by atoms with Crippen molar-refractivity contribution >= 4 is 23.9 Å². The molecule has 14 heavy (non-hydrogen) atoms. The fourth-order valence-electron chi connectivity index (χ4n) is 0.368. The molecule has 1 atom stereocenters. The Bertz CT molecular complexity index is 164. The summed E-state index contributed by atoms with van der Waals surface area (Å²) in [6.07, 6.45) is 0.394. The van der Waals surface area contributed by atoms with Crippen LogP contribution in [-0.4, -0.2) is 40.4 Å². The summed E-state index contributed by atoms with van der Waals surface area (Å²) in [4.78, 5) is 18.5. The van der Waals surface area contributed by atoms with E-state index in [9.17, 15) is 4.79 Å². The van der Waals surface area contributed by atoms with E-state index in [1.54, 1.807) is 11.8 Å². The number of aliphatic carboxylic acids is 1. The molecule has 6 nitrogen and oxygen atoms in total. The summed E-state index contributed by atoms with van der Waals surface area (Å²) in [7, 11) is 0. The average Bonchev–Trinajstić information content (AvgIpc) is 1.98. The fraction of sp³-hybridized carbons (Fsp3) is 0.667. The fourth-order valence-corrected chi connectivity index (χ4v) is 0.858. The van der Waals surface area contributed by atoms with Gasteiger partial charge in [-0.3, -0.25) is 4.79 Å². The Morgan fingerprint density at radius 2 is 1.86 bits per heavy atom. The molecule has 78 valence electrons. The summed E-state index contributed by atoms with van der Waals surface area (Å²) in [5.74, 6) is -0.1000. The molecule has 0 unspecified atom stereocenters. The number of rotatable bonds is 4. The maximum atomic E-state index is 10.1. The third-order valence-corrected chi connectivity index (χ3v) is 1.59. The summed E-state index contributed by atoms with van der Waals surface area (Å²) in [5.41, 5.74) is 5.19. The minimum Gasteiger partial charge on any atom is -0.565 e. The average molecular weight is 233 g/mol. The first-order chi connectivity index (χ1) is 5.91. The zero-order valence-corrected chi connectivity index (χ0v) is 10.9. The van der Waals surface area contributed by atoms with Crippen molar-refractivity contribution < 1.29 is 54.5 Å². The van der Waals surface area contributed by atoms with Crippen molar-refractivity contribution in [2.24, 2.45) is 5.73 Å². The second-order valence-corrected chi connectivity index (χ2v) is 2.98. The van der Waals surface area contributed by atoms with Crippen LogP contribution in [0.3, 0.4) is 0 Å². The van der Waals surface area contributed by atoms with Crippen LogP contribution < -0.4 is 40.4 Å². The molecule has 0 aliphatic carbocycles. The quantitative estimate of drug-likeness (QED) is 0.423. The van der Waals surface area contributed by atoms with Crippen molar-refractivity contribution in [3.05, 3.63) is 0 Å². The topological polar surface area (TPSA) is 124 Å². The van der Waals surface area contributed by atoms with Gasteiger partial charge < -0.3 is 25.8 Å². The predicted octanol–water partition coefficient (Wildman–Crippen LogP) is -3.96. The SMILES string of the molecule is CSCC[C@H](N)C(=O)O.O=C([O-])O.[Na+]. The standard InChI is InChI=1S/C5H11NO2S.CH2O3.Na/c1-9-3-2-4(6)5(7)8;2-1(3)4;/h4H,2-3,6H2,1H3,(H,7,8);(H2,2,3,4);/q;;+1/p-1/t4-;;/m0../s1. The van der Waals surface area contributed by atoms with Gasteiger partial charge in [0.25, 0.3) is 0 Å². The molecule has 0 bridgehead atoms. The van der Waals surface area contributed by atoms with Crippen LogP contribution in [0, 0.1) is 0 Å². The van der Waals surface area contributed by atoms with Gasteiger partial charge in [0, 0.05) is 0 Å². The minimum atomic E-state index is -2.08. The third kappa shape index (κ3) is 22.7. The Kier molecular flexibility index (Phi) is 18.3. The van der Waals surface area contributed by atoms with Crippen LogP contribution in [0.5, 0.6) is 0 Å². The second-order valence-electron chi connectivity index (χ2n) is 1.99. The zero-order valence-electron chi connectivity index (χ0n) is 8.10. The molecule has 0 fully saturated rings. The van der Waals surface area contributed by atoms with Gasteiger partial charge in [0.15, 0.2) is 0 Å². The van der Waals surface area contributed by atoms with Crippen molar-refractivity contribution in [1.82, 2.24) is 0 Å². The largest absolute Gasteiger partial charge is 1.00 e. The van der Waals surface area contributed by atoms with Gasteiger partial charge in [-0.25, -0.2) is 0 Å². The molecular weight excluding hydrogens is 221 g/mol. The number of nitrogens with two attached hydrogens (primary N) is 1. The van der Waals surface area contributed by atoms with Crippen molar-refractivity contribution in [1.29, 1.82) is 0 Å². The van der Waals surface area contributed by atoms with Crippen molar-refractivity contribution in [3.63, 3.8) is 0 Å². The number of carbonyl (C=O) groups is 2. The van der Waals surface area contributed by atoms with Gasteiger partial charge in [0.2, 0.25) is 6.16 Å². The van der Waals surface area contributed by atoms with Crippen LogP contribution in [-0.2, 0) is 4.79 Å². The maximum Gasteiger partial charge on any atom is 1.00 e. The summed E-state index contributed by atoms with van der Waals surface area (Å²) >= 11 is 1.60. The van der Waals surface area contributed by atoms with Crippen molar-refractivity contribution in [2.45, 2.75) is 12.5 Å². The summed E-state index contributed by atoms with van der Waals surface area (Å²) in [6, 6.07) is -0.683. The van der Waals surface area contributed by atoms with Crippen molar-refractivity contribution in [2.75, 3.05) is 12.0 Å². The molecule has 0 aromatic carbocycles. The molecule has 0 saturated carbocycles. The van der Waals surface area contributed by atoms with E-state index in [1.807, 2.05) is 6.26 Å². The van der Waals surface area contributed by atoms with Crippen LogP contribution in [0.25, 0.3) is 0 Å². The van der Waals surface area contributed by atoms with Crippen LogP contribution in [0.1, 0.15) is 6.42 Å². The van der Waals surface area contributed by atoms with Gasteiger partial charge in [0.1, 0.15) is 6.04 Å². The van der Waals surface area contributed by atoms with E-state index in [-0.39, 0.29) is 29.6 Å². The second kappa shape index (κ2) is 13.1. The molecule has 0 amide bonds. The van der Waals surface area contributed by atoms with Gasteiger partial charge in [-0.2, -0.15) is 11.8 Å². The van der Waals surface area contributed by atoms with Crippen LogP contribution in [0.4, 0.5) is 4.79 Å². The van der Waals surface area contributed by atoms with Crippen molar-refractivity contribution in [3.8, 4) is 0 Å². The number of carboxylic acid groups (broad SMARTS) is 3. The molecule has 0 heterocycles. The first kappa shape index (κ1) is 19.6. The Hall–Kier alpha value is 0.0500. The Morgan fingerprint density at radius 3 is 2.07 bits per heavy atom. The van der Waals surface area contributed by atoms with E-state index in [0.717, 1.165) is 5.75 Å².